The Morgan fingerprint density at radius 3 is 2.60 bits per heavy atom. The van der Waals surface area contributed by atoms with E-state index >= 15 is 0 Å². The summed E-state index contributed by atoms with van der Waals surface area (Å²) in [5.41, 5.74) is 1.12. The molecule has 4 heteroatoms. The molecule has 0 fully saturated rings. The van der Waals surface area contributed by atoms with Crippen LogP contribution in [0, 0.1) is 5.82 Å². The van der Waals surface area contributed by atoms with Crippen LogP contribution in [0.2, 0.25) is 0 Å². The summed E-state index contributed by atoms with van der Waals surface area (Å²) in [6.45, 7) is 2.79. The lowest BCUT2D eigenvalue weighted by atomic mass is 10.0. The molecule has 0 spiro atoms. The van der Waals surface area contributed by atoms with Gasteiger partial charge in [0.1, 0.15) is 17.7 Å². The summed E-state index contributed by atoms with van der Waals surface area (Å²) in [7, 11) is 0. The third-order valence-corrected chi connectivity index (χ3v) is 3.00. The summed E-state index contributed by atoms with van der Waals surface area (Å²) in [5.74, 6) is 0.313. The standard InChI is InChI=1S/C16H18FNO2/c1-2-3-8-20-15-6-4-12(5-7-15)16(19)13-9-14(17)11-18-10-13/h4-7,9-11,16,19H,2-3,8H2,1H3. The molecule has 1 N–H and O–H groups in total. The lowest BCUT2D eigenvalue weighted by molar-refractivity contribution is 0.219. The number of pyridine rings is 1. The Morgan fingerprint density at radius 1 is 1.20 bits per heavy atom. The quantitative estimate of drug-likeness (QED) is 0.821. The molecule has 0 saturated heterocycles. The molecule has 2 rings (SSSR count). The Bertz CT molecular complexity index is 542. The Labute approximate surface area is 118 Å². The highest BCUT2D eigenvalue weighted by molar-refractivity contribution is 5.33. The molecule has 1 unspecified atom stereocenters. The molecule has 106 valence electrons. The van der Waals surface area contributed by atoms with Crippen molar-refractivity contribution < 1.29 is 14.2 Å². The molecule has 3 nitrogen and oxygen atoms in total. The predicted molar refractivity (Wildman–Crippen MR) is 75.1 cm³/mol. The number of unbranched alkanes of at least 4 members (excludes halogenated alkanes) is 1. The maximum absolute atomic E-state index is 13.1. The summed E-state index contributed by atoms with van der Waals surface area (Å²) in [6, 6.07) is 8.44. The number of hydrogen-bond acceptors (Lipinski definition) is 3. The number of rotatable bonds is 6. The second kappa shape index (κ2) is 7.01. The van der Waals surface area contributed by atoms with E-state index in [9.17, 15) is 9.50 Å². The first-order valence-corrected chi connectivity index (χ1v) is 6.72. The van der Waals surface area contributed by atoms with E-state index in [1.807, 2.05) is 0 Å². The van der Waals surface area contributed by atoms with Gasteiger partial charge >= 0.3 is 0 Å². The number of aliphatic hydroxyl groups is 1. The number of ether oxygens (including phenoxy) is 1. The number of benzene rings is 1. The topological polar surface area (TPSA) is 42.4 Å². The minimum atomic E-state index is -0.886. The zero-order valence-corrected chi connectivity index (χ0v) is 11.4. The molecule has 1 aromatic carbocycles. The third kappa shape index (κ3) is 3.78. The first-order valence-electron chi connectivity index (χ1n) is 6.72. The summed E-state index contributed by atoms with van der Waals surface area (Å²) >= 11 is 0. The molecule has 0 amide bonds. The molecule has 2 aromatic rings. The van der Waals surface area contributed by atoms with Crippen LogP contribution in [0.15, 0.2) is 42.7 Å². The van der Waals surface area contributed by atoms with Gasteiger partial charge in [-0.05, 0) is 30.2 Å². The summed E-state index contributed by atoms with van der Waals surface area (Å²) in [6.07, 6.45) is 3.78. The van der Waals surface area contributed by atoms with Crippen LogP contribution in [0.1, 0.15) is 37.0 Å². The van der Waals surface area contributed by atoms with Crippen molar-refractivity contribution in [2.75, 3.05) is 6.61 Å². The molecule has 0 bridgehead atoms. The van der Waals surface area contributed by atoms with Crippen LogP contribution in [-0.2, 0) is 0 Å². The van der Waals surface area contributed by atoms with Crippen molar-refractivity contribution >= 4 is 0 Å². The number of hydrogen-bond donors (Lipinski definition) is 1. The fraction of sp³-hybridized carbons (Fsp3) is 0.312. The number of aliphatic hydroxyl groups excluding tert-OH is 1. The van der Waals surface area contributed by atoms with Crippen LogP contribution in [0.4, 0.5) is 4.39 Å². The third-order valence-electron chi connectivity index (χ3n) is 3.00. The van der Waals surface area contributed by atoms with Gasteiger partial charge in [0.25, 0.3) is 0 Å². The van der Waals surface area contributed by atoms with E-state index in [-0.39, 0.29) is 0 Å². The Kier molecular flexibility index (Phi) is 5.07. The minimum absolute atomic E-state index is 0.435. The van der Waals surface area contributed by atoms with Crippen molar-refractivity contribution in [3.63, 3.8) is 0 Å². The van der Waals surface area contributed by atoms with E-state index in [1.165, 1.54) is 12.3 Å². The van der Waals surface area contributed by atoms with E-state index in [4.69, 9.17) is 4.74 Å². The van der Waals surface area contributed by atoms with Crippen LogP contribution in [0.25, 0.3) is 0 Å². The van der Waals surface area contributed by atoms with E-state index in [0.29, 0.717) is 17.7 Å². The molecule has 1 heterocycles. The number of aromatic nitrogens is 1. The van der Waals surface area contributed by atoms with Crippen molar-refractivity contribution in [2.45, 2.75) is 25.9 Å². The summed E-state index contributed by atoms with van der Waals surface area (Å²) in [5, 5.41) is 10.2. The molecule has 0 saturated carbocycles. The molecule has 1 atom stereocenters. The lowest BCUT2D eigenvalue weighted by Crippen LogP contribution is -2.01. The van der Waals surface area contributed by atoms with Crippen molar-refractivity contribution in [1.29, 1.82) is 0 Å². The van der Waals surface area contributed by atoms with Crippen LogP contribution >= 0.6 is 0 Å². The fourth-order valence-electron chi connectivity index (χ4n) is 1.85. The first-order chi connectivity index (χ1) is 9.70. The Hall–Kier alpha value is -1.94. The zero-order valence-electron chi connectivity index (χ0n) is 11.4. The molecule has 0 aliphatic heterocycles. The SMILES string of the molecule is CCCCOc1ccc(C(O)c2cncc(F)c2)cc1. The largest absolute Gasteiger partial charge is 0.494 e. The highest BCUT2D eigenvalue weighted by atomic mass is 19.1. The molecule has 20 heavy (non-hydrogen) atoms. The van der Waals surface area contributed by atoms with E-state index in [2.05, 4.69) is 11.9 Å². The van der Waals surface area contributed by atoms with E-state index in [0.717, 1.165) is 24.8 Å². The monoisotopic (exact) mass is 275 g/mol. The molecular weight excluding hydrogens is 257 g/mol. The highest BCUT2D eigenvalue weighted by Crippen LogP contribution is 2.23. The molecule has 0 aliphatic rings. The smallest absolute Gasteiger partial charge is 0.141 e. The lowest BCUT2D eigenvalue weighted by Gasteiger charge is -2.12. The molecule has 0 aliphatic carbocycles. The van der Waals surface area contributed by atoms with Gasteiger partial charge in [-0.25, -0.2) is 4.39 Å². The van der Waals surface area contributed by atoms with Gasteiger partial charge in [-0.15, -0.1) is 0 Å². The van der Waals surface area contributed by atoms with Crippen molar-refractivity contribution in [3.8, 4) is 5.75 Å². The molecule has 0 radical (unpaired) electrons. The predicted octanol–water partition coefficient (Wildman–Crippen LogP) is 3.48. The average molecular weight is 275 g/mol. The summed E-state index contributed by atoms with van der Waals surface area (Å²) < 4.78 is 18.6. The van der Waals surface area contributed by atoms with E-state index < -0.39 is 11.9 Å². The second-order valence-electron chi connectivity index (χ2n) is 4.61. The second-order valence-corrected chi connectivity index (χ2v) is 4.61. The van der Waals surface area contributed by atoms with Crippen molar-refractivity contribution in [1.82, 2.24) is 4.98 Å². The van der Waals surface area contributed by atoms with Gasteiger partial charge in [0, 0.05) is 11.8 Å². The van der Waals surface area contributed by atoms with Gasteiger partial charge in [-0.1, -0.05) is 25.5 Å². The maximum atomic E-state index is 13.1. The van der Waals surface area contributed by atoms with Gasteiger partial charge < -0.3 is 9.84 Å². The maximum Gasteiger partial charge on any atom is 0.141 e. The fourth-order valence-corrected chi connectivity index (χ4v) is 1.85. The minimum Gasteiger partial charge on any atom is -0.494 e. The number of halogens is 1. The normalized spacial score (nSPS) is 12.2. The van der Waals surface area contributed by atoms with Crippen LogP contribution in [0.3, 0.4) is 0 Å². The van der Waals surface area contributed by atoms with Crippen LogP contribution in [0.5, 0.6) is 5.75 Å². The Balaban J connectivity index is 2.05. The average Bonchev–Trinajstić information content (AvgIpc) is 2.47. The first kappa shape index (κ1) is 14.5. The number of nitrogens with zero attached hydrogens (tertiary/aromatic N) is 1. The van der Waals surface area contributed by atoms with Crippen molar-refractivity contribution in [3.05, 3.63) is 59.7 Å². The van der Waals surface area contributed by atoms with Gasteiger partial charge in [-0.3, -0.25) is 4.98 Å². The van der Waals surface area contributed by atoms with Crippen molar-refractivity contribution in [2.24, 2.45) is 0 Å². The molecular formula is C16H18FNO2. The van der Waals surface area contributed by atoms with Crippen LogP contribution < -0.4 is 4.74 Å². The van der Waals surface area contributed by atoms with E-state index in [1.54, 1.807) is 24.3 Å². The summed E-state index contributed by atoms with van der Waals surface area (Å²) in [4.78, 5) is 3.74. The van der Waals surface area contributed by atoms with Gasteiger partial charge in [0.15, 0.2) is 0 Å². The molecule has 1 aromatic heterocycles. The van der Waals surface area contributed by atoms with Gasteiger partial charge in [-0.2, -0.15) is 0 Å². The zero-order chi connectivity index (χ0) is 14.4. The van der Waals surface area contributed by atoms with Crippen LogP contribution in [-0.4, -0.2) is 16.7 Å². The van der Waals surface area contributed by atoms with Gasteiger partial charge in [0.05, 0.1) is 12.8 Å². The van der Waals surface area contributed by atoms with Gasteiger partial charge in [0.2, 0.25) is 0 Å². The highest BCUT2D eigenvalue weighted by Gasteiger charge is 2.11. The Morgan fingerprint density at radius 2 is 1.95 bits per heavy atom.